The number of carbonyl (C=O) groups is 3. The minimum Gasteiger partial charge on any atom is -0.462 e. The molecule has 0 radical (unpaired) electrons. The molecule has 0 heterocycles. The molecule has 0 saturated heterocycles. The van der Waals surface area contributed by atoms with Crippen LogP contribution >= 0.6 is 0 Å². The van der Waals surface area contributed by atoms with Crippen LogP contribution in [0.25, 0.3) is 0 Å². The second kappa shape index (κ2) is 64.9. The Hall–Kier alpha value is -2.63. The second-order valence-electron chi connectivity index (χ2n) is 22.7. The van der Waals surface area contributed by atoms with E-state index in [9.17, 15) is 14.4 Å². The van der Waals surface area contributed by atoms with Crippen LogP contribution in [-0.2, 0) is 28.6 Å². The fourth-order valence-electron chi connectivity index (χ4n) is 9.94. The molecule has 1 unspecified atom stereocenters. The van der Waals surface area contributed by atoms with Gasteiger partial charge in [0.05, 0.1) is 0 Å². The van der Waals surface area contributed by atoms with Crippen LogP contribution in [0.4, 0.5) is 0 Å². The Bertz CT molecular complexity index is 1310. The highest BCUT2D eigenvalue weighted by Crippen LogP contribution is 2.17. The van der Waals surface area contributed by atoms with Gasteiger partial charge in [-0.2, -0.15) is 0 Å². The van der Waals surface area contributed by atoms with Gasteiger partial charge in [0.1, 0.15) is 13.2 Å². The van der Waals surface area contributed by atoms with E-state index in [4.69, 9.17) is 14.2 Å². The average molecular weight is 1070 g/mol. The van der Waals surface area contributed by atoms with E-state index in [1.807, 2.05) is 0 Å². The maximum atomic E-state index is 12.9. The largest absolute Gasteiger partial charge is 0.462 e. The Morgan fingerprint density at radius 3 is 0.750 bits per heavy atom. The molecule has 0 bridgehead atoms. The van der Waals surface area contributed by atoms with E-state index in [1.54, 1.807) is 0 Å². The molecule has 0 fully saturated rings. The zero-order valence-corrected chi connectivity index (χ0v) is 51.0. The van der Waals surface area contributed by atoms with E-state index < -0.39 is 6.10 Å². The predicted octanol–water partition coefficient (Wildman–Crippen LogP) is 22.9. The van der Waals surface area contributed by atoms with Crippen molar-refractivity contribution < 1.29 is 28.6 Å². The maximum Gasteiger partial charge on any atom is 0.306 e. The van der Waals surface area contributed by atoms with Crippen molar-refractivity contribution in [3.05, 3.63) is 48.6 Å². The topological polar surface area (TPSA) is 78.9 Å². The maximum absolute atomic E-state index is 12.9. The molecule has 6 heteroatoms. The van der Waals surface area contributed by atoms with Gasteiger partial charge in [-0.25, -0.2) is 0 Å². The zero-order chi connectivity index (χ0) is 55.0. The first-order valence-electron chi connectivity index (χ1n) is 33.6. The molecule has 444 valence electrons. The Morgan fingerprint density at radius 2 is 0.474 bits per heavy atom. The molecule has 1 atom stereocenters. The van der Waals surface area contributed by atoms with Crippen molar-refractivity contribution in [1.29, 1.82) is 0 Å². The van der Waals surface area contributed by atoms with Gasteiger partial charge in [0.2, 0.25) is 0 Å². The summed E-state index contributed by atoms with van der Waals surface area (Å²) < 4.78 is 16.9. The van der Waals surface area contributed by atoms with E-state index in [1.165, 1.54) is 231 Å². The molecule has 0 saturated carbocycles. The van der Waals surface area contributed by atoms with Gasteiger partial charge < -0.3 is 14.2 Å². The number of hydrogen-bond acceptors (Lipinski definition) is 6. The van der Waals surface area contributed by atoms with Crippen LogP contribution < -0.4 is 0 Å². The first kappa shape index (κ1) is 73.4. The number of allylic oxidation sites excluding steroid dienone is 8. The standard InChI is InChI=1S/C70H128O6/c1-4-7-10-13-16-19-22-25-27-29-30-31-32-33-34-35-36-37-38-39-40-41-43-45-48-51-54-57-60-63-69(72)75-66-67(65-74-68(71)62-59-56-53-50-47-44-24-21-18-15-12-9-6-3)76-70(73)64-61-58-55-52-49-46-42-28-26-23-20-17-14-11-8-5-2/h20-21,23-24,28-30,42,67H,4-19,22,25-27,31-41,43-66H2,1-3H3/b23-20-,24-21-,30-29-,42-28-. The fourth-order valence-corrected chi connectivity index (χ4v) is 9.94. The third kappa shape index (κ3) is 62.2. The van der Waals surface area contributed by atoms with Crippen molar-refractivity contribution in [2.24, 2.45) is 0 Å². The van der Waals surface area contributed by atoms with Crippen LogP contribution in [0, 0.1) is 0 Å². The summed E-state index contributed by atoms with van der Waals surface area (Å²) in [5, 5.41) is 0. The Balaban J connectivity index is 4.19. The lowest BCUT2D eigenvalue weighted by Crippen LogP contribution is -2.30. The lowest BCUT2D eigenvalue weighted by atomic mass is 10.0. The molecule has 0 aromatic carbocycles. The summed E-state index contributed by atoms with van der Waals surface area (Å²) in [6.45, 7) is 6.64. The number of hydrogen-bond donors (Lipinski definition) is 0. The number of esters is 3. The number of ether oxygens (including phenoxy) is 3. The molecular formula is C70H128O6. The molecule has 0 aliphatic rings. The van der Waals surface area contributed by atoms with Gasteiger partial charge in [-0.05, 0) is 103 Å². The zero-order valence-electron chi connectivity index (χ0n) is 51.0. The SMILES string of the molecule is CCCCCC/C=C\C/C=C\CCCCCCCC(=O)OC(COC(=O)CCCCCCC/C=C\CCCCCC)COC(=O)CCCCCCCCCCCCCCCCCCC/C=C\CCCCCCCCCC. The summed E-state index contributed by atoms with van der Waals surface area (Å²) in [5.74, 6) is -0.882. The Kier molecular flexibility index (Phi) is 62.6. The normalized spacial score (nSPS) is 12.3. The Morgan fingerprint density at radius 1 is 0.263 bits per heavy atom. The monoisotopic (exact) mass is 1060 g/mol. The number of rotatable bonds is 62. The minimum atomic E-state index is -0.783. The smallest absolute Gasteiger partial charge is 0.306 e. The van der Waals surface area contributed by atoms with Crippen LogP contribution in [0.3, 0.4) is 0 Å². The van der Waals surface area contributed by atoms with Gasteiger partial charge in [-0.15, -0.1) is 0 Å². The molecule has 0 amide bonds. The summed E-state index contributed by atoms with van der Waals surface area (Å²) in [6, 6.07) is 0. The lowest BCUT2D eigenvalue weighted by Gasteiger charge is -2.18. The molecule has 0 aromatic heterocycles. The quantitative estimate of drug-likeness (QED) is 0.0261. The van der Waals surface area contributed by atoms with E-state index in [2.05, 4.69) is 69.4 Å². The predicted molar refractivity (Wildman–Crippen MR) is 330 cm³/mol. The van der Waals surface area contributed by atoms with Gasteiger partial charge in [-0.1, -0.05) is 288 Å². The van der Waals surface area contributed by atoms with Crippen LogP contribution in [0.1, 0.15) is 361 Å². The molecule has 0 aromatic rings. The van der Waals surface area contributed by atoms with E-state index in [0.29, 0.717) is 19.3 Å². The summed E-state index contributed by atoms with van der Waals surface area (Å²) >= 11 is 0. The summed E-state index contributed by atoms with van der Waals surface area (Å²) in [5.41, 5.74) is 0. The molecular weight excluding hydrogens is 937 g/mol. The second-order valence-corrected chi connectivity index (χ2v) is 22.7. The van der Waals surface area contributed by atoms with Gasteiger partial charge in [0.15, 0.2) is 6.10 Å². The Labute approximate surface area is 473 Å². The molecule has 0 rings (SSSR count). The van der Waals surface area contributed by atoms with Crippen LogP contribution in [0.5, 0.6) is 0 Å². The van der Waals surface area contributed by atoms with Gasteiger partial charge in [-0.3, -0.25) is 14.4 Å². The summed E-state index contributed by atoms with van der Waals surface area (Å²) in [6.07, 6.45) is 81.4. The van der Waals surface area contributed by atoms with Crippen molar-refractivity contribution >= 4 is 17.9 Å². The highest BCUT2D eigenvalue weighted by atomic mass is 16.6. The van der Waals surface area contributed by atoms with Gasteiger partial charge >= 0.3 is 17.9 Å². The fraction of sp³-hybridized carbons (Fsp3) is 0.843. The molecule has 6 nitrogen and oxygen atoms in total. The highest BCUT2D eigenvalue weighted by Gasteiger charge is 2.19. The van der Waals surface area contributed by atoms with Crippen LogP contribution in [0.15, 0.2) is 48.6 Å². The molecule has 0 spiro atoms. The average Bonchev–Trinajstić information content (AvgIpc) is 3.42. The third-order valence-corrected chi connectivity index (χ3v) is 15.0. The van der Waals surface area contributed by atoms with Gasteiger partial charge in [0.25, 0.3) is 0 Å². The van der Waals surface area contributed by atoms with Crippen LogP contribution in [-0.4, -0.2) is 37.2 Å². The van der Waals surface area contributed by atoms with Crippen LogP contribution in [0.2, 0.25) is 0 Å². The summed E-state index contributed by atoms with van der Waals surface area (Å²) in [7, 11) is 0. The van der Waals surface area contributed by atoms with E-state index in [-0.39, 0.29) is 31.1 Å². The first-order chi connectivity index (χ1) is 37.5. The highest BCUT2D eigenvalue weighted by molar-refractivity contribution is 5.71. The van der Waals surface area contributed by atoms with E-state index >= 15 is 0 Å². The molecule has 0 N–H and O–H groups in total. The van der Waals surface area contributed by atoms with Crippen molar-refractivity contribution in [3.8, 4) is 0 Å². The first-order valence-corrected chi connectivity index (χ1v) is 33.6. The van der Waals surface area contributed by atoms with Crippen molar-refractivity contribution in [2.45, 2.75) is 367 Å². The minimum absolute atomic E-state index is 0.0783. The van der Waals surface area contributed by atoms with Crippen molar-refractivity contribution in [3.63, 3.8) is 0 Å². The number of unbranched alkanes of at least 4 members (excludes halogenated alkanes) is 43. The van der Waals surface area contributed by atoms with Crippen molar-refractivity contribution in [1.82, 2.24) is 0 Å². The van der Waals surface area contributed by atoms with Gasteiger partial charge in [0, 0.05) is 19.3 Å². The third-order valence-electron chi connectivity index (χ3n) is 15.0. The summed E-state index contributed by atoms with van der Waals surface area (Å²) in [4.78, 5) is 38.3. The molecule has 76 heavy (non-hydrogen) atoms. The van der Waals surface area contributed by atoms with E-state index in [0.717, 1.165) is 89.9 Å². The molecule has 0 aliphatic carbocycles. The van der Waals surface area contributed by atoms with Crippen molar-refractivity contribution in [2.75, 3.05) is 13.2 Å². The molecule has 0 aliphatic heterocycles. The lowest BCUT2D eigenvalue weighted by molar-refractivity contribution is -0.167. The number of carbonyl (C=O) groups excluding carboxylic acids is 3.